The minimum atomic E-state index is 0. The number of nitrogens with zero attached hydrogens (tertiary/aromatic N) is 4. The number of rotatable bonds is 8. The number of aryl methyl sites for hydroxylation is 9. The molecule has 6 heteroatoms. The molecule has 0 radical (unpaired) electrons. The van der Waals surface area contributed by atoms with Crippen LogP contribution in [0.25, 0.3) is 39.1 Å². The first-order chi connectivity index (χ1) is 28.9. The first-order valence-corrected chi connectivity index (χ1v) is 20.6. The average Bonchev–Trinajstić information content (AvgIpc) is 3.84. The third kappa shape index (κ3) is 7.96. The van der Waals surface area contributed by atoms with Gasteiger partial charge in [-0.2, -0.15) is 17.2 Å². The van der Waals surface area contributed by atoms with E-state index in [1.54, 1.807) is 0 Å². The van der Waals surface area contributed by atoms with Gasteiger partial charge in [-0.05, 0) is 141 Å². The number of fused-ring (bicyclic) bond motifs is 1. The van der Waals surface area contributed by atoms with Gasteiger partial charge in [0.05, 0.1) is 6.20 Å². The molecule has 61 heavy (non-hydrogen) atoms. The van der Waals surface area contributed by atoms with Crippen LogP contribution < -0.4 is 14.5 Å². The van der Waals surface area contributed by atoms with E-state index in [1.165, 1.54) is 78.0 Å². The normalized spacial score (nSPS) is 12.1. The third-order valence-electron chi connectivity index (χ3n) is 11.6. The van der Waals surface area contributed by atoms with Crippen molar-refractivity contribution in [1.29, 1.82) is 0 Å². The van der Waals surface area contributed by atoms with Crippen LogP contribution in [0.5, 0.6) is 11.5 Å². The topological polar surface area (TPSA) is 33.5 Å². The molecule has 0 fully saturated rings. The number of aromatic nitrogens is 2. The van der Waals surface area contributed by atoms with Gasteiger partial charge in [-0.1, -0.05) is 83.4 Å². The van der Waals surface area contributed by atoms with E-state index >= 15 is 0 Å². The van der Waals surface area contributed by atoms with Crippen LogP contribution in [-0.2, 0) is 21.1 Å². The number of anilines is 4. The van der Waals surface area contributed by atoms with Gasteiger partial charge >= 0.3 is 0 Å². The summed E-state index contributed by atoms with van der Waals surface area (Å²) in [5.41, 5.74) is 23.5. The van der Waals surface area contributed by atoms with Crippen LogP contribution in [0.4, 0.5) is 22.7 Å². The predicted octanol–water partition coefficient (Wildman–Crippen LogP) is 14.4. The van der Waals surface area contributed by atoms with Crippen molar-refractivity contribution in [3.05, 3.63) is 197 Å². The zero-order chi connectivity index (χ0) is 41.8. The van der Waals surface area contributed by atoms with Gasteiger partial charge in [0.1, 0.15) is 0 Å². The van der Waals surface area contributed by atoms with Gasteiger partial charge in [-0.3, -0.25) is 4.68 Å². The van der Waals surface area contributed by atoms with Crippen molar-refractivity contribution >= 4 is 22.7 Å². The molecule has 7 aromatic carbocycles. The summed E-state index contributed by atoms with van der Waals surface area (Å²) < 4.78 is 8.36. The second-order valence-electron chi connectivity index (χ2n) is 16.5. The number of benzene rings is 7. The maximum Gasteiger partial charge on any atom is 0.0571 e. The quantitative estimate of drug-likeness (QED) is 0.142. The molecule has 8 aromatic rings. The second kappa shape index (κ2) is 16.7. The molecule has 0 N–H and O–H groups in total. The average molecular weight is 977 g/mol. The Morgan fingerprint density at radius 2 is 0.967 bits per heavy atom. The van der Waals surface area contributed by atoms with Crippen molar-refractivity contribution in [3.8, 4) is 50.6 Å². The van der Waals surface area contributed by atoms with Crippen LogP contribution in [0.3, 0.4) is 0 Å². The molecule has 1 aromatic heterocycles. The van der Waals surface area contributed by atoms with Crippen LogP contribution in [0, 0.1) is 81.1 Å². The van der Waals surface area contributed by atoms with Gasteiger partial charge in [0.2, 0.25) is 0 Å². The molecule has 0 aliphatic carbocycles. The molecule has 0 saturated carbocycles. The Labute approximate surface area is 375 Å². The van der Waals surface area contributed by atoms with Gasteiger partial charge in [0.25, 0.3) is 0 Å². The summed E-state index contributed by atoms with van der Waals surface area (Å²) in [7, 11) is 0. The van der Waals surface area contributed by atoms with E-state index in [0.717, 1.165) is 33.9 Å². The number of ether oxygens (including phenoxy) is 1. The molecule has 1 aliphatic heterocycles. The minimum absolute atomic E-state index is 0. The molecule has 1 aliphatic rings. The molecule has 2 heterocycles. The summed E-state index contributed by atoms with van der Waals surface area (Å²) in [4.78, 5) is 4.63. The predicted molar refractivity (Wildman–Crippen MR) is 248 cm³/mol. The van der Waals surface area contributed by atoms with Crippen molar-refractivity contribution < 1.29 is 25.8 Å². The minimum Gasteiger partial charge on any atom is -0.509 e. The Morgan fingerprint density at radius 3 is 1.51 bits per heavy atom. The molecule has 308 valence electrons. The fourth-order valence-electron chi connectivity index (χ4n) is 9.37. The molecule has 0 saturated heterocycles. The zero-order valence-electron chi connectivity index (χ0n) is 36.2. The van der Waals surface area contributed by atoms with E-state index in [1.807, 2.05) is 65.6 Å². The molecule has 9 rings (SSSR count). The zero-order valence-corrected chi connectivity index (χ0v) is 38.5. The fraction of sp³-hybridized carbons (Fsp3) is 0.164. The standard InChI is InChI=1S/C55H49N4O.Pt/c1-34-21-37(4)53(38(5)22-34)49-29-51-52(30-50(49)54-39(6)23-35(2)24-40(54)7)58(55-41(8)25-36(3)26-42(55)9)33-57(51)45-17-13-19-47(27-45)60-48-20-14-18-46(28-48)59-32-44(31-56-59)43-15-11-10-12-16-43;/h10-26,29-33H,1-9H3;/q-3;. The van der Waals surface area contributed by atoms with Crippen LogP contribution in [0.15, 0.2) is 128 Å². The van der Waals surface area contributed by atoms with Crippen molar-refractivity contribution in [2.45, 2.75) is 62.3 Å². The monoisotopic (exact) mass is 976 g/mol. The Kier molecular flexibility index (Phi) is 11.4. The van der Waals surface area contributed by atoms with Gasteiger partial charge in [-0.15, -0.1) is 48.8 Å². The van der Waals surface area contributed by atoms with E-state index < -0.39 is 0 Å². The third-order valence-corrected chi connectivity index (χ3v) is 11.6. The maximum absolute atomic E-state index is 6.53. The van der Waals surface area contributed by atoms with Gasteiger partial charge in [0, 0.05) is 61.4 Å². The second-order valence-corrected chi connectivity index (χ2v) is 16.5. The van der Waals surface area contributed by atoms with E-state index in [4.69, 9.17) is 4.74 Å². The Balaban J connectivity index is 0.00000514. The maximum atomic E-state index is 6.53. The first-order valence-electron chi connectivity index (χ1n) is 20.6. The summed E-state index contributed by atoms with van der Waals surface area (Å²) >= 11 is 0. The fourth-order valence-corrected chi connectivity index (χ4v) is 9.37. The van der Waals surface area contributed by atoms with E-state index in [9.17, 15) is 0 Å². The summed E-state index contributed by atoms with van der Waals surface area (Å²) in [5, 5.41) is 4.64. The van der Waals surface area contributed by atoms with Crippen molar-refractivity contribution in [2.75, 3.05) is 9.80 Å². The van der Waals surface area contributed by atoms with Gasteiger partial charge < -0.3 is 14.5 Å². The SMILES string of the molecule is Cc1cc(C)c(-c2cc3c(cc2-c2c(C)cc(C)cc2C)N(c2c(C)cc(C)cc2C)[CH-]N3c2[c-]c(Oc3[c-]c(-n4cc(-c5ccccc5)cn4)ccc3)ccc2)c(C)c1.[Pt]. The molecule has 5 nitrogen and oxygen atoms in total. The summed E-state index contributed by atoms with van der Waals surface area (Å²) in [5.74, 6) is 1.17. The first kappa shape index (κ1) is 41.6. The smallest absolute Gasteiger partial charge is 0.0571 e. The van der Waals surface area contributed by atoms with Crippen molar-refractivity contribution in [2.24, 2.45) is 0 Å². The van der Waals surface area contributed by atoms with Crippen LogP contribution >= 0.6 is 0 Å². The van der Waals surface area contributed by atoms with Gasteiger partial charge in [0.15, 0.2) is 0 Å². The van der Waals surface area contributed by atoms with Crippen LogP contribution in [0.2, 0.25) is 0 Å². The van der Waals surface area contributed by atoms with E-state index in [0.29, 0.717) is 11.5 Å². The summed E-state index contributed by atoms with van der Waals surface area (Å²) in [6.07, 6.45) is 3.89. The van der Waals surface area contributed by atoms with Crippen molar-refractivity contribution in [1.82, 2.24) is 9.78 Å². The molecule has 0 spiro atoms. The summed E-state index contributed by atoms with van der Waals surface area (Å²) in [6.45, 7) is 22.2. The van der Waals surface area contributed by atoms with E-state index in [-0.39, 0.29) is 21.1 Å². The largest absolute Gasteiger partial charge is 0.509 e. The molecular formula is C55H49N4OPt-3. The Hall–Kier alpha value is -6.16. The van der Waals surface area contributed by atoms with Gasteiger partial charge in [-0.25, -0.2) is 0 Å². The Bertz CT molecular complexity index is 2880. The molecular weight excluding hydrogens is 928 g/mol. The molecule has 0 bridgehead atoms. The van der Waals surface area contributed by atoms with Crippen molar-refractivity contribution in [3.63, 3.8) is 0 Å². The van der Waals surface area contributed by atoms with E-state index in [2.05, 4.69) is 163 Å². The van der Waals surface area contributed by atoms with Crippen LogP contribution in [-0.4, -0.2) is 9.78 Å². The molecule has 0 atom stereocenters. The summed E-state index contributed by atoms with van der Waals surface area (Å²) in [6, 6.07) is 47.9. The molecule has 0 amide bonds. The molecule has 0 unspecified atom stereocenters. The Morgan fingerprint density at radius 1 is 0.492 bits per heavy atom. The number of hydrogen-bond acceptors (Lipinski definition) is 4. The van der Waals surface area contributed by atoms with Crippen LogP contribution in [0.1, 0.15) is 50.1 Å². The number of hydrogen-bond donors (Lipinski definition) is 0.